The summed E-state index contributed by atoms with van der Waals surface area (Å²) < 4.78 is 18.5. The van der Waals surface area contributed by atoms with Crippen molar-refractivity contribution in [2.75, 3.05) is 6.79 Å². The molecule has 1 aliphatic heterocycles. The molecule has 1 unspecified atom stereocenters. The molecule has 1 amide bonds. The van der Waals surface area contributed by atoms with E-state index < -0.39 is 6.10 Å². The summed E-state index contributed by atoms with van der Waals surface area (Å²) in [4.78, 5) is 30.8. The van der Waals surface area contributed by atoms with Gasteiger partial charge in [0.05, 0.1) is 16.6 Å². The van der Waals surface area contributed by atoms with Gasteiger partial charge in [-0.3, -0.25) is 19.0 Å². The lowest BCUT2D eigenvalue weighted by atomic mass is 10.1. The van der Waals surface area contributed by atoms with Crippen molar-refractivity contribution in [3.8, 4) is 17.2 Å². The molecule has 0 radical (unpaired) electrons. The Morgan fingerprint density at radius 3 is 2.73 bits per heavy atom. The third-order valence-corrected chi connectivity index (χ3v) is 6.85. The van der Waals surface area contributed by atoms with Crippen molar-refractivity contribution in [2.24, 2.45) is 0 Å². The van der Waals surface area contributed by atoms with Gasteiger partial charge >= 0.3 is 0 Å². The maximum absolute atomic E-state index is 13.4. The summed E-state index contributed by atoms with van der Waals surface area (Å²) in [5.74, 6) is 1.68. The molecule has 0 saturated carbocycles. The van der Waals surface area contributed by atoms with Crippen molar-refractivity contribution in [3.63, 3.8) is 0 Å². The number of pyridine rings is 2. The van der Waals surface area contributed by atoms with Gasteiger partial charge in [-0.05, 0) is 55.0 Å². The molecule has 7 rings (SSSR count). The summed E-state index contributed by atoms with van der Waals surface area (Å²) in [5, 5.41) is 6.14. The van der Waals surface area contributed by atoms with Crippen molar-refractivity contribution < 1.29 is 19.0 Å². The number of hydrogen-bond donors (Lipinski definition) is 1. The number of nitrogens with one attached hydrogen (secondary N) is 1. The van der Waals surface area contributed by atoms with Crippen LogP contribution in [0.2, 0.25) is 0 Å². The van der Waals surface area contributed by atoms with E-state index in [0.29, 0.717) is 29.2 Å². The van der Waals surface area contributed by atoms with Crippen molar-refractivity contribution in [2.45, 2.75) is 19.6 Å². The molecule has 0 bridgehead atoms. The topological polar surface area (TPSA) is 91.2 Å². The number of carbonyl (C=O) groups excluding carboxylic acids is 1. The number of nitrogens with zero attached hydrogens (tertiary/aromatic N) is 2. The molecule has 1 atom stereocenters. The molecule has 182 valence electrons. The van der Waals surface area contributed by atoms with Gasteiger partial charge in [-0.1, -0.05) is 24.3 Å². The lowest BCUT2D eigenvalue weighted by molar-refractivity contribution is -0.127. The van der Waals surface area contributed by atoms with E-state index in [9.17, 15) is 9.59 Å². The predicted molar refractivity (Wildman–Crippen MR) is 140 cm³/mol. The van der Waals surface area contributed by atoms with E-state index >= 15 is 0 Å². The van der Waals surface area contributed by atoms with E-state index in [2.05, 4.69) is 10.3 Å². The lowest BCUT2D eigenvalue weighted by Crippen LogP contribution is -2.35. The molecule has 0 fully saturated rings. The average molecular weight is 492 g/mol. The van der Waals surface area contributed by atoms with Crippen LogP contribution >= 0.6 is 0 Å². The molecule has 3 aromatic carbocycles. The molecule has 0 aliphatic carbocycles. The highest BCUT2D eigenvalue weighted by Gasteiger charge is 2.20. The molecule has 8 nitrogen and oxygen atoms in total. The van der Waals surface area contributed by atoms with Crippen LogP contribution in [0.3, 0.4) is 0 Å². The van der Waals surface area contributed by atoms with Crippen molar-refractivity contribution in [1.82, 2.24) is 14.7 Å². The first-order valence-corrected chi connectivity index (χ1v) is 12.0. The first-order chi connectivity index (χ1) is 18.1. The number of hydrogen-bond acceptors (Lipinski definition) is 6. The van der Waals surface area contributed by atoms with Crippen LogP contribution in [0.15, 0.2) is 77.7 Å². The van der Waals surface area contributed by atoms with Crippen LogP contribution in [-0.2, 0) is 11.3 Å². The highest BCUT2D eigenvalue weighted by atomic mass is 16.7. The van der Waals surface area contributed by atoms with E-state index in [0.717, 1.165) is 38.3 Å². The number of ether oxygens (including phenoxy) is 3. The van der Waals surface area contributed by atoms with E-state index in [-0.39, 0.29) is 18.3 Å². The largest absolute Gasteiger partial charge is 0.481 e. The molecule has 0 spiro atoms. The monoisotopic (exact) mass is 491 g/mol. The fraction of sp³-hybridized carbons (Fsp3) is 0.138. The fourth-order valence-corrected chi connectivity index (χ4v) is 5.06. The Morgan fingerprint density at radius 1 is 1.00 bits per heavy atom. The molecule has 0 saturated heterocycles. The van der Waals surface area contributed by atoms with E-state index in [4.69, 9.17) is 14.2 Å². The van der Waals surface area contributed by atoms with Gasteiger partial charge in [0.15, 0.2) is 17.6 Å². The summed E-state index contributed by atoms with van der Waals surface area (Å²) in [7, 11) is 0. The minimum Gasteiger partial charge on any atom is -0.481 e. The van der Waals surface area contributed by atoms with Gasteiger partial charge in [0, 0.05) is 34.3 Å². The second kappa shape index (κ2) is 8.09. The lowest BCUT2D eigenvalue weighted by Gasteiger charge is -2.15. The number of carbonyl (C=O) groups is 1. The van der Waals surface area contributed by atoms with Gasteiger partial charge in [-0.2, -0.15) is 0 Å². The SMILES string of the molecule is CC(Oc1ccc2c(c1)c1ccnc3c4ccccc4c(=O)n2c13)C(=O)NCc1ccc2c(c1)OCO2. The predicted octanol–water partition coefficient (Wildman–Crippen LogP) is 4.40. The normalized spacial score (nSPS) is 13.5. The van der Waals surface area contributed by atoms with Crippen molar-refractivity contribution >= 4 is 44.0 Å². The molecule has 1 N–H and O–H groups in total. The molecule has 37 heavy (non-hydrogen) atoms. The molecule has 8 heteroatoms. The van der Waals surface area contributed by atoms with Crippen LogP contribution in [0.5, 0.6) is 17.2 Å². The molecule has 1 aliphatic rings. The Balaban J connectivity index is 1.19. The Morgan fingerprint density at radius 2 is 1.84 bits per heavy atom. The first kappa shape index (κ1) is 21.4. The maximum atomic E-state index is 13.4. The zero-order valence-corrected chi connectivity index (χ0v) is 19.9. The van der Waals surface area contributed by atoms with E-state index in [1.165, 1.54) is 0 Å². The standard InChI is InChI=1S/C29H21N3O5/c1-16(28(33)31-14-17-6-9-24-25(12-17)36-15-35-24)37-18-7-8-23-22(13-18)20-10-11-30-26-19-4-2-3-5-21(19)29(34)32(23)27(20)26/h2-13,16H,14-15H2,1H3,(H,31,33). The smallest absolute Gasteiger partial charge is 0.263 e. The third kappa shape index (κ3) is 3.33. The van der Waals surface area contributed by atoms with Gasteiger partial charge < -0.3 is 19.5 Å². The van der Waals surface area contributed by atoms with Crippen LogP contribution < -0.4 is 25.1 Å². The van der Waals surface area contributed by atoms with Crippen molar-refractivity contribution in [3.05, 3.63) is 88.8 Å². The van der Waals surface area contributed by atoms with Gasteiger partial charge in [-0.15, -0.1) is 0 Å². The van der Waals surface area contributed by atoms with Crippen LogP contribution in [0.1, 0.15) is 12.5 Å². The van der Waals surface area contributed by atoms with Crippen LogP contribution in [-0.4, -0.2) is 28.2 Å². The van der Waals surface area contributed by atoms with Gasteiger partial charge in [0.25, 0.3) is 11.5 Å². The zero-order chi connectivity index (χ0) is 25.1. The quantitative estimate of drug-likeness (QED) is 0.360. The molecular formula is C29H21N3O5. The molecule has 4 heterocycles. The van der Waals surface area contributed by atoms with Gasteiger partial charge in [-0.25, -0.2) is 0 Å². The fourth-order valence-electron chi connectivity index (χ4n) is 5.06. The summed E-state index contributed by atoms with van der Waals surface area (Å²) in [6.45, 7) is 2.25. The van der Waals surface area contributed by atoms with Gasteiger partial charge in [0.2, 0.25) is 6.79 Å². The molecule has 6 aromatic rings. The Labute approximate surface area is 210 Å². The number of aromatic nitrogens is 2. The Hall–Kier alpha value is -4.85. The number of amides is 1. The second-order valence-corrected chi connectivity index (χ2v) is 9.09. The number of fused-ring (bicyclic) bond motifs is 6. The van der Waals surface area contributed by atoms with E-state index in [1.54, 1.807) is 23.6 Å². The minimum absolute atomic E-state index is 0.0824. The summed E-state index contributed by atoms with van der Waals surface area (Å²) >= 11 is 0. The van der Waals surface area contributed by atoms with E-state index in [1.807, 2.05) is 60.7 Å². The van der Waals surface area contributed by atoms with Gasteiger partial charge in [0.1, 0.15) is 5.75 Å². The highest BCUT2D eigenvalue weighted by molar-refractivity contribution is 6.18. The zero-order valence-electron chi connectivity index (χ0n) is 19.9. The van der Waals surface area contributed by atoms with Crippen molar-refractivity contribution in [1.29, 1.82) is 0 Å². The van der Waals surface area contributed by atoms with Crippen LogP contribution in [0.4, 0.5) is 0 Å². The first-order valence-electron chi connectivity index (χ1n) is 12.0. The van der Waals surface area contributed by atoms with Crippen LogP contribution in [0.25, 0.3) is 38.1 Å². The minimum atomic E-state index is -0.724. The number of rotatable bonds is 5. The molecular weight excluding hydrogens is 470 g/mol. The van der Waals surface area contributed by atoms with Crippen LogP contribution in [0, 0.1) is 0 Å². The number of benzene rings is 3. The third-order valence-electron chi connectivity index (χ3n) is 6.85. The summed E-state index contributed by atoms with van der Waals surface area (Å²) in [6.07, 6.45) is 1.03. The second-order valence-electron chi connectivity index (χ2n) is 9.09. The summed E-state index contributed by atoms with van der Waals surface area (Å²) in [6, 6.07) is 20.5. The Kier molecular flexibility index (Phi) is 4.69. The highest BCUT2D eigenvalue weighted by Crippen LogP contribution is 2.35. The summed E-state index contributed by atoms with van der Waals surface area (Å²) in [5.41, 5.74) is 3.16. The Bertz CT molecular complexity index is 1910. The maximum Gasteiger partial charge on any atom is 0.263 e. The average Bonchev–Trinajstić information content (AvgIpc) is 3.53. The molecule has 3 aromatic heterocycles.